The Morgan fingerprint density at radius 3 is 2.69 bits per heavy atom. The van der Waals surface area contributed by atoms with Gasteiger partial charge in [-0.15, -0.1) is 6.58 Å². The summed E-state index contributed by atoms with van der Waals surface area (Å²) in [5, 5.41) is 7.57. The van der Waals surface area contributed by atoms with E-state index in [-0.39, 0.29) is 6.04 Å². The number of rotatable bonds is 4. The van der Waals surface area contributed by atoms with Gasteiger partial charge in [-0.3, -0.25) is 4.68 Å². The first-order valence-corrected chi connectivity index (χ1v) is 4.57. The van der Waals surface area contributed by atoms with Crippen LogP contribution in [-0.4, -0.2) is 15.8 Å². The Balaban J connectivity index is 2.63. The fourth-order valence-corrected chi connectivity index (χ4v) is 0.995. The Kier molecular flexibility index (Phi) is 3.12. The molecule has 1 aromatic heterocycles. The standard InChI is InChI=1S/C10H17N3/c1-5-9(4)11-10-6-7-13(12-10)8(2)3/h5-9H,1H2,2-4H3,(H,11,12). The molecule has 0 aromatic carbocycles. The van der Waals surface area contributed by atoms with Crippen molar-refractivity contribution in [1.29, 1.82) is 0 Å². The SMILES string of the molecule is C=CC(C)Nc1ccn(C(C)C)n1. The highest BCUT2D eigenvalue weighted by molar-refractivity contribution is 5.34. The average Bonchev–Trinajstić information content (AvgIpc) is 2.52. The Bertz CT molecular complexity index is 275. The van der Waals surface area contributed by atoms with Crippen molar-refractivity contribution in [2.45, 2.75) is 32.9 Å². The lowest BCUT2D eigenvalue weighted by molar-refractivity contribution is 0.533. The molecule has 3 nitrogen and oxygen atoms in total. The summed E-state index contributed by atoms with van der Waals surface area (Å²) in [6.45, 7) is 9.95. The zero-order valence-electron chi connectivity index (χ0n) is 8.49. The van der Waals surface area contributed by atoms with E-state index < -0.39 is 0 Å². The molecule has 0 amide bonds. The molecule has 72 valence electrons. The van der Waals surface area contributed by atoms with Crippen LogP contribution in [0.5, 0.6) is 0 Å². The van der Waals surface area contributed by atoms with Gasteiger partial charge in [-0.05, 0) is 20.8 Å². The molecule has 0 saturated heterocycles. The summed E-state index contributed by atoms with van der Waals surface area (Å²) in [6.07, 6.45) is 3.83. The van der Waals surface area contributed by atoms with Gasteiger partial charge in [0.1, 0.15) is 5.82 Å². The molecule has 0 fully saturated rings. The van der Waals surface area contributed by atoms with E-state index in [1.54, 1.807) is 0 Å². The van der Waals surface area contributed by atoms with Crippen LogP contribution in [-0.2, 0) is 0 Å². The smallest absolute Gasteiger partial charge is 0.148 e. The van der Waals surface area contributed by atoms with Crippen LogP contribution in [0.15, 0.2) is 24.9 Å². The Labute approximate surface area is 79.5 Å². The van der Waals surface area contributed by atoms with Gasteiger partial charge < -0.3 is 5.32 Å². The number of hydrogen-bond donors (Lipinski definition) is 1. The summed E-state index contributed by atoms with van der Waals surface area (Å²) in [5.74, 6) is 0.904. The van der Waals surface area contributed by atoms with Crippen molar-refractivity contribution in [2.24, 2.45) is 0 Å². The highest BCUT2D eigenvalue weighted by atomic mass is 15.3. The summed E-state index contributed by atoms with van der Waals surface area (Å²) in [6, 6.07) is 2.64. The van der Waals surface area contributed by atoms with Gasteiger partial charge in [0.05, 0.1) is 0 Å². The summed E-state index contributed by atoms with van der Waals surface area (Å²) in [4.78, 5) is 0. The van der Waals surface area contributed by atoms with Gasteiger partial charge in [0, 0.05) is 24.3 Å². The molecule has 0 saturated carbocycles. The number of nitrogens with zero attached hydrogens (tertiary/aromatic N) is 2. The van der Waals surface area contributed by atoms with Gasteiger partial charge in [0.2, 0.25) is 0 Å². The van der Waals surface area contributed by atoms with Crippen molar-refractivity contribution < 1.29 is 0 Å². The molecule has 1 aromatic rings. The summed E-state index contributed by atoms with van der Waals surface area (Å²) >= 11 is 0. The van der Waals surface area contributed by atoms with E-state index in [4.69, 9.17) is 0 Å². The molecule has 0 bridgehead atoms. The van der Waals surface area contributed by atoms with Crippen LogP contribution in [0.2, 0.25) is 0 Å². The number of nitrogens with one attached hydrogen (secondary N) is 1. The quantitative estimate of drug-likeness (QED) is 0.719. The van der Waals surface area contributed by atoms with Crippen LogP contribution in [0.25, 0.3) is 0 Å². The lowest BCUT2D eigenvalue weighted by Crippen LogP contribution is -2.12. The molecule has 0 aliphatic heterocycles. The molecular formula is C10H17N3. The van der Waals surface area contributed by atoms with Crippen LogP contribution in [0.1, 0.15) is 26.8 Å². The van der Waals surface area contributed by atoms with E-state index in [1.807, 2.05) is 29.9 Å². The van der Waals surface area contributed by atoms with Crippen molar-refractivity contribution in [3.8, 4) is 0 Å². The predicted octanol–water partition coefficient (Wildman–Crippen LogP) is 2.45. The Morgan fingerprint density at radius 2 is 2.23 bits per heavy atom. The maximum Gasteiger partial charge on any atom is 0.148 e. The molecule has 1 unspecified atom stereocenters. The third-order valence-electron chi connectivity index (χ3n) is 1.87. The number of hydrogen-bond acceptors (Lipinski definition) is 2. The first-order valence-electron chi connectivity index (χ1n) is 4.57. The molecule has 1 heterocycles. The monoisotopic (exact) mass is 179 g/mol. The number of aromatic nitrogens is 2. The maximum absolute atomic E-state index is 4.36. The summed E-state index contributed by atoms with van der Waals surface area (Å²) in [5.41, 5.74) is 0. The first kappa shape index (κ1) is 9.84. The fraction of sp³-hybridized carbons (Fsp3) is 0.500. The summed E-state index contributed by atoms with van der Waals surface area (Å²) in [7, 11) is 0. The summed E-state index contributed by atoms with van der Waals surface area (Å²) < 4.78 is 1.93. The van der Waals surface area contributed by atoms with Crippen molar-refractivity contribution >= 4 is 5.82 Å². The van der Waals surface area contributed by atoms with E-state index in [1.165, 1.54) is 0 Å². The number of anilines is 1. The van der Waals surface area contributed by atoms with Crippen molar-refractivity contribution in [3.05, 3.63) is 24.9 Å². The lowest BCUT2D eigenvalue weighted by Gasteiger charge is -2.07. The zero-order valence-corrected chi connectivity index (χ0v) is 8.49. The van der Waals surface area contributed by atoms with Gasteiger partial charge in [0.15, 0.2) is 0 Å². The molecule has 0 aliphatic rings. The second kappa shape index (κ2) is 4.12. The van der Waals surface area contributed by atoms with Crippen molar-refractivity contribution in [2.75, 3.05) is 5.32 Å². The largest absolute Gasteiger partial charge is 0.363 e. The van der Waals surface area contributed by atoms with Gasteiger partial charge in [-0.1, -0.05) is 6.08 Å². The van der Waals surface area contributed by atoms with E-state index in [0.29, 0.717) is 6.04 Å². The molecule has 1 N–H and O–H groups in total. The third-order valence-corrected chi connectivity index (χ3v) is 1.87. The predicted molar refractivity (Wildman–Crippen MR) is 55.9 cm³/mol. The van der Waals surface area contributed by atoms with Crippen molar-refractivity contribution in [1.82, 2.24) is 9.78 Å². The highest BCUT2D eigenvalue weighted by Crippen LogP contribution is 2.09. The molecule has 0 radical (unpaired) electrons. The van der Waals surface area contributed by atoms with E-state index >= 15 is 0 Å². The minimum absolute atomic E-state index is 0.260. The maximum atomic E-state index is 4.36. The second-order valence-electron chi connectivity index (χ2n) is 3.44. The average molecular weight is 179 g/mol. The minimum atomic E-state index is 0.260. The molecule has 0 spiro atoms. The zero-order chi connectivity index (χ0) is 9.84. The second-order valence-corrected chi connectivity index (χ2v) is 3.44. The van der Waals surface area contributed by atoms with Crippen LogP contribution in [0, 0.1) is 0 Å². The van der Waals surface area contributed by atoms with E-state index in [9.17, 15) is 0 Å². The molecule has 3 heteroatoms. The topological polar surface area (TPSA) is 29.9 Å². The van der Waals surface area contributed by atoms with Gasteiger partial charge in [0.25, 0.3) is 0 Å². The molecule has 0 aliphatic carbocycles. The fourth-order valence-electron chi connectivity index (χ4n) is 0.995. The van der Waals surface area contributed by atoms with Crippen LogP contribution in [0.3, 0.4) is 0 Å². The first-order chi connectivity index (χ1) is 6.13. The van der Waals surface area contributed by atoms with Crippen LogP contribution >= 0.6 is 0 Å². The highest BCUT2D eigenvalue weighted by Gasteiger charge is 2.02. The van der Waals surface area contributed by atoms with Gasteiger partial charge in [-0.2, -0.15) is 5.10 Å². The minimum Gasteiger partial charge on any atom is -0.363 e. The van der Waals surface area contributed by atoms with E-state index in [2.05, 4.69) is 30.8 Å². The van der Waals surface area contributed by atoms with E-state index in [0.717, 1.165) is 5.82 Å². The van der Waals surface area contributed by atoms with Gasteiger partial charge in [-0.25, -0.2) is 0 Å². The lowest BCUT2D eigenvalue weighted by atomic mass is 10.3. The normalized spacial score (nSPS) is 12.9. The van der Waals surface area contributed by atoms with Crippen LogP contribution in [0.4, 0.5) is 5.82 Å². The molecule has 13 heavy (non-hydrogen) atoms. The van der Waals surface area contributed by atoms with Crippen molar-refractivity contribution in [3.63, 3.8) is 0 Å². The Morgan fingerprint density at radius 1 is 1.54 bits per heavy atom. The molecule has 1 rings (SSSR count). The third kappa shape index (κ3) is 2.61. The molecular weight excluding hydrogens is 162 g/mol. The van der Waals surface area contributed by atoms with Gasteiger partial charge >= 0.3 is 0 Å². The molecule has 1 atom stereocenters. The van der Waals surface area contributed by atoms with Crippen LogP contribution < -0.4 is 5.32 Å². The Hall–Kier alpha value is -1.25.